The van der Waals surface area contributed by atoms with Gasteiger partial charge in [0.05, 0.1) is 5.69 Å². The fraction of sp³-hybridized carbons (Fsp3) is 0.156. The Morgan fingerprint density at radius 1 is 0.833 bits per heavy atom. The van der Waals surface area contributed by atoms with E-state index in [0.29, 0.717) is 21.8 Å². The van der Waals surface area contributed by atoms with Gasteiger partial charge in [0.1, 0.15) is 16.5 Å². The minimum absolute atomic E-state index is 0.0985. The van der Waals surface area contributed by atoms with E-state index in [1.54, 1.807) is 4.68 Å². The topological polar surface area (TPSA) is 108 Å². The fourth-order valence-electron chi connectivity index (χ4n) is 4.38. The Hall–Kier alpha value is -5.09. The lowest BCUT2D eigenvalue weighted by molar-refractivity contribution is 0.102. The third-order valence-electron chi connectivity index (χ3n) is 6.79. The molecule has 0 bridgehead atoms. The number of hydrogen-bond acceptors (Lipinski definition) is 8. The number of hydrogen-bond donors (Lipinski definition) is 1. The zero-order valence-electron chi connectivity index (χ0n) is 23.8. The van der Waals surface area contributed by atoms with Crippen molar-refractivity contribution in [3.05, 3.63) is 107 Å². The molecule has 3 heterocycles. The minimum Gasteiger partial charge on any atom is -0.457 e. The first-order valence-corrected chi connectivity index (χ1v) is 14.2. The van der Waals surface area contributed by atoms with E-state index < -0.39 is 5.91 Å². The lowest BCUT2D eigenvalue weighted by Crippen LogP contribution is -2.15. The van der Waals surface area contributed by atoms with E-state index in [9.17, 15) is 4.79 Å². The Balaban J connectivity index is 1.22. The molecule has 0 aliphatic heterocycles. The van der Waals surface area contributed by atoms with Gasteiger partial charge in [-0.05, 0) is 100 Å². The Kier molecular flexibility index (Phi) is 7.13. The third-order valence-corrected chi connectivity index (χ3v) is 7.67. The van der Waals surface area contributed by atoms with Crippen LogP contribution in [-0.2, 0) is 0 Å². The second-order valence-electron chi connectivity index (χ2n) is 10.1. The van der Waals surface area contributed by atoms with Crippen LogP contribution in [-0.4, -0.2) is 30.9 Å². The predicted molar refractivity (Wildman–Crippen MR) is 163 cm³/mol. The molecule has 210 valence electrons. The van der Waals surface area contributed by atoms with Gasteiger partial charge in [0.25, 0.3) is 11.8 Å². The number of anilines is 1. The van der Waals surface area contributed by atoms with E-state index in [1.165, 1.54) is 22.5 Å². The smallest absolute Gasteiger partial charge is 0.281 e. The van der Waals surface area contributed by atoms with Crippen molar-refractivity contribution in [2.75, 3.05) is 5.32 Å². The van der Waals surface area contributed by atoms with Crippen LogP contribution in [0.15, 0.2) is 77.2 Å². The molecule has 0 spiro atoms. The molecule has 0 unspecified atom stereocenters. The lowest BCUT2D eigenvalue weighted by Gasteiger charge is -2.08. The second kappa shape index (κ2) is 11.1. The van der Waals surface area contributed by atoms with Crippen LogP contribution < -0.4 is 10.1 Å². The van der Waals surface area contributed by atoms with Crippen molar-refractivity contribution in [3.63, 3.8) is 0 Å². The van der Waals surface area contributed by atoms with Crippen LogP contribution in [0.25, 0.3) is 27.9 Å². The molecule has 1 amide bonds. The molecule has 10 heteroatoms. The number of nitrogens with zero attached hydrogens (tertiary/aromatic N) is 5. The van der Waals surface area contributed by atoms with Gasteiger partial charge in [0.15, 0.2) is 5.69 Å². The first-order valence-electron chi connectivity index (χ1n) is 13.4. The number of aryl methyl sites for hydroxylation is 5. The fourth-order valence-corrected chi connectivity index (χ4v) is 5.13. The van der Waals surface area contributed by atoms with Gasteiger partial charge in [-0.3, -0.25) is 10.1 Å². The van der Waals surface area contributed by atoms with Gasteiger partial charge in [0.2, 0.25) is 11.0 Å². The molecule has 0 aliphatic carbocycles. The van der Waals surface area contributed by atoms with E-state index in [-0.39, 0.29) is 11.6 Å². The molecule has 0 radical (unpaired) electrons. The lowest BCUT2D eigenvalue weighted by atomic mass is 10.1. The summed E-state index contributed by atoms with van der Waals surface area (Å²) in [5, 5.41) is 16.8. The van der Waals surface area contributed by atoms with Crippen molar-refractivity contribution in [3.8, 4) is 39.4 Å². The van der Waals surface area contributed by atoms with Crippen molar-refractivity contribution in [2.45, 2.75) is 34.6 Å². The molecule has 6 rings (SSSR count). The van der Waals surface area contributed by atoms with Crippen LogP contribution in [0.5, 0.6) is 11.5 Å². The van der Waals surface area contributed by atoms with Gasteiger partial charge < -0.3 is 9.15 Å². The SMILES string of the molecule is Cc1ccc(-c2nc(C(=O)Nc3nnc(-c4ccc(Oc5ccc(C)c(C)c5)cc4)s3)c(-n3nc(C)cc3C)o2)cc1. The maximum Gasteiger partial charge on any atom is 0.281 e. The Morgan fingerprint density at radius 2 is 1.55 bits per heavy atom. The summed E-state index contributed by atoms with van der Waals surface area (Å²) in [5.41, 5.74) is 6.82. The van der Waals surface area contributed by atoms with Crippen LogP contribution in [0.4, 0.5) is 5.13 Å². The molecule has 3 aromatic heterocycles. The van der Waals surface area contributed by atoms with Crippen molar-refractivity contribution < 1.29 is 13.9 Å². The second-order valence-corrected chi connectivity index (χ2v) is 11.1. The maximum atomic E-state index is 13.5. The first kappa shape index (κ1) is 27.1. The number of amides is 1. The molecule has 1 N–H and O–H groups in total. The molecule has 9 nitrogen and oxygen atoms in total. The molecule has 0 atom stereocenters. The number of aromatic nitrogens is 5. The Labute approximate surface area is 246 Å². The molecule has 0 saturated carbocycles. The molecular formula is C32H28N6O3S. The van der Waals surface area contributed by atoms with Gasteiger partial charge in [-0.25, -0.2) is 9.67 Å². The minimum atomic E-state index is -0.473. The molecule has 0 saturated heterocycles. The van der Waals surface area contributed by atoms with Crippen LogP contribution >= 0.6 is 11.3 Å². The largest absolute Gasteiger partial charge is 0.457 e. The quantitative estimate of drug-likeness (QED) is 0.208. The summed E-state index contributed by atoms with van der Waals surface area (Å²) >= 11 is 1.26. The summed E-state index contributed by atoms with van der Waals surface area (Å²) in [6.07, 6.45) is 0. The van der Waals surface area contributed by atoms with Crippen molar-refractivity contribution in [1.82, 2.24) is 25.0 Å². The van der Waals surface area contributed by atoms with Gasteiger partial charge in [0, 0.05) is 16.8 Å². The van der Waals surface area contributed by atoms with Gasteiger partial charge in [-0.15, -0.1) is 10.2 Å². The number of carbonyl (C=O) groups excluding carboxylic acids is 1. The third kappa shape index (κ3) is 5.57. The molecule has 6 aromatic rings. The highest BCUT2D eigenvalue weighted by Gasteiger charge is 2.25. The van der Waals surface area contributed by atoms with E-state index in [0.717, 1.165) is 33.8 Å². The summed E-state index contributed by atoms with van der Waals surface area (Å²) < 4.78 is 13.7. The van der Waals surface area contributed by atoms with E-state index in [1.807, 2.05) is 93.6 Å². The van der Waals surface area contributed by atoms with Gasteiger partial charge in [-0.2, -0.15) is 5.10 Å². The van der Waals surface area contributed by atoms with Crippen LogP contribution in [0.2, 0.25) is 0 Å². The summed E-state index contributed by atoms with van der Waals surface area (Å²) in [7, 11) is 0. The number of rotatable bonds is 7. The van der Waals surface area contributed by atoms with Crippen molar-refractivity contribution >= 4 is 22.4 Å². The Bertz CT molecular complexity index is 1900. The monoisotopic (exact) mass is 576 g/mol. The van der Waals surface area contributed by atoms with Crippen LogP contribution in [0.3, 0.4) is 0 Å². The number of carbonyl (C=O) groups is 1. The summed E-state index contributed by atoms with van der Waals surface area (Å²) in [6.45, 7) is 9.91. The Morgan fingerprint density at radius 3 is 2.24 bits per heavy atom. The number of oxazole rings is 1. The van der Waals surface area contributed by atoms with E-state index >= 15 is 0 Å². The molecule has 0 fully saturated rings. The number of ether oxygens (including phenoxy) is 1. The first-order chi connectivity index (χ1) is 20.2. The van der Waals surface area contributed by atoms with Crippen LogP contribution in [0, 0.1) is 34.6 Å². The zero-order chi connectivity index (χ0) is 29.4. The van der Waals surface area contributed by atoms with Crippen LogP contribution in [0.1, 0.15) is 38.6 Å². The normalized spacial score (nSPS) is 11.1. The molecule has 42 heavy (non-hydrogen) atoms. The van der Waals surface area contributed by atoms with Gasteiger partial charge >= 0.3 is 0 Å². The van der Waals surface area contributed by atoms with Crippen molar-refractivity contribution in [2.24, 2.45) is 0 Å². The average Bonchev–Trinajstić information content (AvgIpc) is 3.70. The van der Waals surface area contributed by atoms with E-state index in [2.05, 4.69) is 39.4 Å². The average molecular weight is 577 g/mol. The summed E-state index contributed by atoms with van der Waals surface area (Å²) in [5.74, 6) is 1.58. The highest BCUT2D eigenvalue weighted by molar-refractivity contribution is 7.18. The maximum absolute atomic E-state index is 13.5. The standard InChI is InChI=1S/C32H28N6O3S/c1-18-6-9-23(10-7-18)29-33-27(31(41-29)38-22(5)17-21(4)37-38)28(39)34-32-36-35-30(42-32)24-11-14-25(15-12-24)40-26-13-8-19(2)20(3)16-26/h6-17H,1-5H3,(H,34,36,39). The van der Waals surface area contributed by atoms with Crippen molar-refractivity contribution in [1.29, 1.82) is 0 Å². The molecule has 3 aromatic carbocycles. The number of benzene rings is 3. The van der Waals surface area contributed by atoms with Gasteiger partial charge in [-0.1, -0.05) is 35.1 Å². The number of nitrogens with one attached hydrogen (secondary N) is 1. The molecule has 0 aliphatic rings. The predicted octanol–water partition coefficient (Wildman–Crippen LogP) is 7.63. The summed E-state index contributed by atoms with van der Waals surface area (Å²) in [4.78, 5) is 18.0. The zero-order valence-corrected chi connectivity index (χ0v) is 24.6. The highest BCUT2D eigenvalue weighted by atomic mass is 32.1. The highest BCUT2D eigenvalue weighted by Crippen LogP contribution is 2.31. The molecular weight excluding hydrogens is 548 g/mol. The summed E-state index contributed by atoms with van der Waals surface area (Å²) in [6, 6.07) is 23.2. The van der Waals surface area contributed by atoms with E-state index in [4.69, 9.17) is 9.15 Å².